The number of carbonyl (C=O) groups excluding carboxylic acids is 1. The van der Waals surface area contributed by atoms with Gasteiger partial charge in [0, 0.05) is 0 Å². The number of nitrogens with one attached hydrogen (secondary N) is 1. The van der Waals surface area contributed by atoms with Gasteiger partial charge in [0.1, 0.15) is 11.6 Å². The number of nitrogens with zero attached hydrogens (tertiary/aromatic N) is 3. The third-order valence-electron chi connectivity index (χ3n) is 4.32. The highest BCUT2D eigenvalue weighted by molar-refractivity contribution is 7.13. The Balaban J connectivity index is 1.66. The van der Waals surface area contributed by atoms with E-state index in [4.69, 9.17) is 0 Å². The Hall–Kier alpha value is -3.39. The van der Waals surface area contributed by atoms with Gasteiger partial charge < -0.3 is 5.32 Å². The van der Waals surface area contributed by atoms with Gasteiger partial charge in [-0.25, -0.2) is 18.4 Å². The predicted octanol–water partition coefficient (Wildman–Crippen LogP) is 4.77. The van der Waals surface area contributed by atoms with Crippen LogP contribution in [0.15, 0.2) is 66.0 Å². The van der Waals surface area contributed by atoms with E-state index >= 15 is 0 Å². The zero-order valence-electron chi connectivity index (χ0n) is 15.3. The smallest absolute Gasteiger partial charge is 0.291 e. The molecule has 0 aliphatic rings. The summed E-state index contributed by atoms with van der Waals surface area (Å²) in [6.45, 7) is 1.79. The Morgan fingerprint density at radius 2 is 1.86 bits per heavy atom. The lowest BCUT2D eigenvalue weighted by atomic mass is 10.1. The van der Waals surface area contributed by atoms with Crippen LogP contribution in [0, 0.1) is 11.6 Å². The van der Waals surface area contributed by atoms with Crippen molar-refractivity contribution >= 4 is 17.2 Å². The third-order valence-corrected chi connectivity index (χ3v) is 5.19. The largest absolute Gasteiger partial charge is 0.343 e. The summed E-state index contributed by atoms with van der Waals surface area (Å²) in [5.41, 5.74) is 1.22. The van der Waals surface area contributed by atoms with Crippen LogP contribution < -0.4 is 5.32 Å². The van der Waals surface area contributed by atoms with Gasteiger partial charge in [-0.05, 0) is 54.3 Å². The third kappa shape index (κ3) is 4.07. The first kappa shape index (κ1) is 18.9. The minimum atomic E-state index is -0.477. The number of hydrogen-bond acceptors (Lipinski definition) is 4. The molecule has 1 N–H and O–H groups in total. The molecule has 0 saturated heterocycles. The monoisotopic (exact) mass is 410 g/mol. The van der Waals surface area contributed by atoms with Crippen molar-refractivity contribution in [2.24, 2.45) is 0 Å². The van der Waals surface area contributed by atoms with Crippen molar-refractivity contribution in [2.45, 2.75) is 13.0 Å². The molecule has 0 fully saturated rings. The lowest BCUT2D eigenvalue weighted by Gasteiger charge is -2.12. The molecule has 0 saturated carbocycles. The van der Waals surface area contributed by atoms with Gasteiger partial charge in [-0.3, -0.25) is 4.79 Å². The number of benzene rings is 2. The first-order valence-electron chi connectivity index (χ1n) is 8.84. The van der Waals surface area contributed by atoms with Crippen molar-refractivity contribution in [2.75, 3.05) is 0 Å². The molecule has 0 radical (unpaired) electrons. The number of halogens is 2. The highest BCUT2D eigenvalue weighted by atomic mass is 32.1. The fraction of sp³-hybridized carbons (Fsp3) is 0.0952. The minimum Gasteiger partial charge on any atom is -0.343 e. The van der Waals surface area contributed by atoms with Crippen LogP contribution in [-0.2, 0) is 0 Å². The lowest BCUT2D eigenvalue weighted by molar-refractivity contribution is 0.0929. The van der Waals surface area contributed by atoms with Crippen molar-refractivity contribution in [1.82, 2.24) is 20.1 Å². The van der Waals surface area contributed by atoms with Crippen molar-refractivity contribution in [3.05, 3.63) is 89.1 Å². The SMILES string of the molecule is CC(NC(=O)c1nc(-c2cccs2)n(-c2cccc(F)c2)n1)c1ccc(F)cc1. The number of hydrogen-bond donors (Lipinski definition) is 1. The molecule has 0 bridgehead atoms. The minimum absolute atomic E-state index is 0.0355. The molecule has 1 amide bonds. The quantitative estimate of drug-likeness (QED) is 0.516. The second-order valence-corrected chi connectivity index (χ2v) is 7.32. The first-order valence-corrected chi connectivity index (χ1v) is 9.72. The van der Waals surface area contributed by atoms with Crippen LogP contribution in [0.4, 0.5) is 8.78 Å². The number of amides is 1. The van der Waals surface area contributed by atoms with E-state index in [-0.39, 0.29) is 17.7 Å². The molecule has 2 aromatic carbocycles. The zero-order valence-corrected chi connectivity index (χ0v) is 16.2. The summed E-state index contributed by atoms with van der Waals surface area (Å²) in [5, 5.41) is 9.01. The number of aromatic nitrogens is 3. The fourth-order valence-electron chi connectivity index (χ4n) is 2.86. The number of rotatable bonds is 5. The second-order valence-electron chi connectivity index (χ2n) is 6.37. The summed E-state index contributed by atoms with van der Waals surface area (Å²) in [6, 6.07) is 15.2. The van der Waals surface area contributed by atoms with E-state index in [1.165, 1.54) is 40.3 Å². The molecule has 2 heterocycles. The number of thiophene rings is 1. The lowest BCUT2D eigenvalue weighted by Crippen LogP contribution is -2.27. The molecule has 4 aromatic rings. The summed E-state index contributed by atoms with van der Waals surface area (Å²) in [6.07, 6.45) is 0. The summed E-state index contributed by atoms with van der Waals surface area (Å²) in [7, 11) is 0. The maximum Gasteiger partial charge on any atom is 0.291 e. The Morgan fingerprint density at radius 1 is 1.07 bits per heavy atom. The molecular formula is C21H16F2N4OS. The molecule has 0 aliphatic heterocycles. The molecule has 1 atom stereocenters. The average molecular weight is 410 g/mol. The molecule has 5 nitrogen and oxygen atoms in total. The maximum absolute atomic E-state index is 13.7. The number of carbonyl (C=O) groups is 1. The van der Waals surface area contributed by atoms with Gasteiger partial charge in [0.15, 0.2) is 5.82 Å². The Kier molecular flexibility index (Phi) is 5.18. The van der Waals surface area contributed by atoms with Crippen molar-refractivity contribution < 1.29 is 13.6 Å². The fourth-order valence-corrected chi connectivity index (χ4v) is 3.56. The van der Waals surface area contributed by atoms with Crippen molar-refractivity contribution in [3.8, 4) is 16.4 Å². The standard InChI is InChI=1S/C21H16F2N4OS/c1-13(14-7-9-15(22)10-8-14)24-21(28)19-25-20(18-6-3-11-29-18)27(26-19)17-5-2-4-16(23)12-17/h2-13H,1H3,(H,24,28). The predicted molar refractivity (Wildman–Crippen MR) is 107 cm³/mol. The van der Waals surface area contributed by atoms with Crippen LogP contribution in [0.5, 0.6) is 0 Å². The average Bonchev–Trinajstić information content (AvgIpc) is 3.38. The van der Waals surface area contributed by atoms with Gasteiger partial charge in [0.05, 0.1) is 16.6 Å². The van der Waals surface area contributed by atoms with E-state index in [1.807, 2.05) is 17.5 Å². The first-order chi connectivity index (χ1) is 14.0. The molecule has 4 rings (SSSR count). The van der Waals surface area contributed by atoms with Crippen LogP contribution in [0.3, 0.4) is 0 Å². The van der Waals surface area contributed by atoms with Crippen LogP contribution in [0.25, 0.3) is 16.4 Å². The van der Waals surface area contributed by atoms with Gasteiger partial charge in [-0.15, -0.1) is 16.4 Å². The second kappa shape index (κ2) is 7.92. The zero-order chi connectivity index (χ0) is 20.4. The molecule has 0 spiro atoms. The van der Waals surface area contributed by atoms with Crippen molar-refractivity contribution in [3.63, 3.8) is 0 Å². The summed E-state index contributed by atoms with van der Waals surface area (Å²) in [5.74, 6) is -0.818. The van der Waals surface area contributed by atoms with Gasteiger partial charge in [0.25, 0.3) is 5.91 Å². The van der Waals surface area contributed by atoms with Gasteiger partial charge in [-0.1, -0.05) is 24.3 Å². The van der Waals surface area contributed by atoms with E-state index in [2.05, 4.69) is 15.4 Å². The topological polar surface area (TPSA) is 59.8 Å². The molecule has 146 valence electrons. The summed E-state index contributed by atoms with van der Waals surface area (Å²) in [4.78, 5) is 17.9. The highest BCUT2D eigenvalue weighted by Gasteiger charge is 2.21. The molecule has 29 heavy (non-hydrogen) atoms. The van der Waals surface area contributed by atoms with Crippen LogP contribution in [0.2, 0.25) is 0 Å². The van der Waals surface area contributed by atoms with E-state index in [0.29, 0.717) is 11.5 Å². The van der Waals surface area contributed by atoms with Gasteiger partial charge in [-0.2, -0.15) is 0 Å². The Labute approximate surface area is 169 Å². The van der Waals surface area contributed by atoms with E-state index < -0.39 is 11.7 Å². The molecule has 0 aliphatic carbocycles. The molecular weight excluding hydrogens is 394 g/mol. The molecule has 8 heteroatoms. The van der Waals surface area contributed by atoms with E-state index in [0.717, 1.165) is 10.4 Å². The summed E-state index contributed by atoms with van der Waals surface area (Å²) >= 11 is 1.44. The van der Waals surface area contributed by atoms with Crippen LogP contribution in [-0.4, -0.2) is 20.7 Å². The van der Waals surface area contributed by atoms with Crippen molar-refractivity contribution in [1.29, 1.82) is 0 Å². The highest BCUT2D eigenvalue weighted by Crippen LogP contribution is 2.26. The van der Waals surface area contributed by atoms with Gasteiger partial charge in [0.2, 0.25) is 5.82 Å². The summed E-state index contributed by atoms with van der Waals surface area (Å²) < 4.78 is 28.3. The van der Waals surface area contributed by atoms with Crippen LogP contribution in [0.1, 0.15) is 29.1 Å². The van der Waals surface area contributed by atoms with Gasteiger partial charge >= 0.3 is 0 Å². The molecule has 2 aromatic heterocycles. The maximum atomic E-state index is 13.7. The molecule has 1 unspecified atom stereocenters. The Morgan fingerprint density at radius 3 is 2.55 bits per heavy atom. The van der Waals surface area contributed by atoms with E-state index in [1.54, 1.807) is 31.2 Å². The normalized spacial score (nSPS) is 12.0. The van der Waals surface area contributed by atoms with E-state index in [9.17, 15) is 13.6 Å². The van der Waals surface area contributed by atoms with Crippen LogP contribution >= 0.6 is 11.3 Å². The Bertz CT molecular complexity index is 1140.